The number of thioether (sulfide) groups is 1. The molecule has 0 fully saturated rings. The van der Waals surface area contributed by atoms with Gasteiger partial charge in [0.25, 0.3) is 0 Å². The smallest absolute Gasteiger partial charge is 0.0457 e. The fourth-order valence-corrected chi connectivity index (χ4v) is 2.39. The molecule has 17 heavy (non-hydrogen) atoms. The maximum absolute atomic E-state index is 3.36. The number of nitrogens with one attached hydrogen (secondary N) is 1. The van der Waals surface area contributed by atoms with Crippen LogP contribution in [0, 0.1) is 0 Å². The number of fused-ring (bicyclic) bond motifs is 1. The van der Waals surface area contributed by atoms with Gasteiger partial charge in [-0.2, -0.15) is 0 Å². The van der Waals surface area contributed by atoms with E-state index in [1.807, 2.05) is 0 Å². The normalized spacial score (nSPS) is 13.5. The Kier molecular flexibility index (Phi) is 3.79. The summed E-state index contributed by atoms with van der Waals surface area (Å²) in [6.07, 6.45) is 5.36. The SMILES string of the molecule is CSc1ccc2[nH]cc(CC(C)N(C)C)c2c1. The fraction of sp³-hybridized carbons (Fsp3) is 0.429. The van der Waals surface area contributed by atoms with Crippen LogP contribution in [-0.2, 0) is 6.42 Å². The summed E-state index contributed by atoms with van der Waals surface area (Å²) in [7, 11) is 4.26. The molecule has 1 aromatic heterocycles. The van der Waals surface area contributed by atoms with Crippen molar-refractivity contribution in [1.82, 2.24) is 9.88 Å². The molecule has 0 amide bonds. The number of rotatable bonds is 4. The molecule has 0 aliphatic heterocycles. The van der Waals surface area contributed by atoms with Gasteiger partial charge in [0.15, 0.2) is 0 Å². The zero-order valence-corrected chi connectivity index (χ0v) is 11.8. The lowest BCUT2D eigenvalue weighted by atomic mass is 10.1. The molecule has 1 aromatic carbocycles. The van der Waals surface area contributed by atoms with Crippen molar-refractivity contribution in [1.29, 1.82) is 0 Å². The van der Waals surface area contributed by atoms with Crippen LogP contribution in [0.5, 0.6) is 0 Å². The van der Waals surface area contributed by atoms with Crippen molar-refractivity contribution in [2.75, 3.05) is 20.4 Å². The topological polar surface area (TPSA) is 19.0 Å². The van der Waals surface area contributed by atoms with Crippen LogP contribution < -0.4 is 0 Å². The molecular formula is C14H20N2S. The minimum atomic E-state index is 0.562. The van der Waals surface area contributed by atoms with E-state index in [2.05, 4.69) is 61.6 Å². The average Bonchev–Trinajstić information content (AvgIpc) is 2.71. The van der Waals surface area contributed by atoms with Gasteiger partial charge in [-0.1, -0.05) is 0 Å². The molecule has 1 unspecified atom stereocenters. The van der Waals surface area contributed by atoms with Crippen LogP contribution in [0.4, 0.5) is 0 Å². The van der Waals surface area contributed by atoms with Gasteiger partial charge in [-0.05, 0) is 57.5 Å². The zero-order chi connectivity index (χ0) is 12.4. The molecule has 2 aromatic rings. The molecule has 92 valence electrons. The monoisotopic (exact) mass is 248 g/mol. The summed E-state index contributed by atoms with van der Waals surface area (Å²) >= 11 is 1.80. The lowest BCUT2D eigenvalue weighted by Gasteiger charge is -2.19. The van der Waals surface area contributed by atoms with Gasteiger partial charge < -0.3 is 9.88 Å². The summed E-state index contributed by atoms with van der Waals surface area (Å²) in [6.45, 7) is 2.26. The second kappa shape index (κ2) is 5.15. The molecule has 3 heteroatoms. The number of likely N-dealkylation sites (N-methyl/N-ethyl adjacent to an activating group) is 1. The number of H-pyrrole nitrogens is 1. The van der Waals surface area contributed by atoms with Gasteiger partial charge in [-0.15, -0.1) is 11.8 Å². The highest BCUT2D eigenvalue weighted by molar-refractivity contribution is 7.98. The molecule has 0 aliphatic rings. The second-order valence-electron chi connectivity index (χ2n) is 4.74. The van der Waals surface area contributed by atoms with Crippen molar-refractivity contribution in [3.8, 4) is 0 Å². The highest BCUT2D eigenvalue weighted by Crippen LogP contribution is 2.25. The molecule has 1 N–H and O–H groups in total. The molecule has 0 bridgehead atoms. The molecule has 0 spiro atoms. The number of aromatic nitrogens is 1. The minimum Gasteiger partial charge on any atom is -0.361 e. The maximum atomic E-state index is 3.36. The summed E-state index contributed by atoms with van der Waals surface area (Å²) in [5.41, 5.74) is 2.65. The quantitative estimate of drug-likeness (QED) is 0.836. The van der Waals surface area contributed by atoms with Gasteiger partial charge in [0.1, 0.15) is 0 Å². The Morgan fingerprint density at radius 3 is 2.76 bits per heavy atom. The Labute approximate surface area is 107 Å². The van der Waals surface area contributed by atoms with E-state index in [-0.39, 0.29) is 0 Å². The number of nitrogens with zero attached hydrogens (tertiary/aromatic N) is 1. The lowest BCUT2D eigenvalue weighted by molar-refractivity contribution is 0.313. The van der Waals surface area contributed by atoms with Crippen molar-refractivity contribution < 1.29 is 0 Å². The second-order valence-corrected chi connectivity index (χ2v) is 5.62. The summed E-state index contributed by atoms with van der Waals surface area (Å²) < 4.78 is 0. The van der Waals surface area contributed by atoms with Gasteiger partial charge in [0.05, 0.1) is 0 Å². The largest absolute Gasteiger partial charge is 0.361 e. The van der Waals surface area contributed by atoms with Crippen LogP contribution >= 0.6 is 11.8 Å². The van der Waals surface area contributed by atoms with E-state index in [1.165, 1.54) is 21.4 Å². The van der Waals surface area contributed by atoms with Crippen LogP contribution in [0.3, 0.4) is 0 Å². The van der Waals surface area contributed by atoms with Crippen LogP contribution in [0.2, 0.25) is 0 Å². The predicted octanol–water partition coefficient (Wildman–Crippen LogP) is 3.38. The molecule has 2 rings (SSSR count). The molecular weight excluding hydrogens is 228 g/mol. The van der Waals surface area contributed by atoms with Gasteiger partial charge >= 0.3 is 0 Å². The summed E-state index contributed by atoms with van der Waals surface area (Å²) in [5.74, 6) is 0. The van der Waals surface area contributed by atoms with Crippen LogP contribution in [-0.4, -0.2) is 36.3 Å². The average molecular weight is 248 g/mol. The fourth-order valence-electron chi connectivity index (χ4n) is 1.95. The van der Waals surface area contributed by atoms with Gasteiger partial charge in [0.2, 0.25) is 0 Å². The third-order valence-corrected chi connectivity index (χ3v) is 4.10. The standard InChI is InChI=1S/C14H20N2S/c1-10(16(2)3)7-11-9-15-14-6-5-12(17-4)8-13(11)14/h5-6,8-10,15H,7H2,1-4H3. The van der Waals surface area contributed by atoms with Crippen LogP contribution in [0.15, 0.2) is 29.3 Å². The minimum absolute atomic E-state index is 0.562. The van der Waals surface area contributed by atoms with Crippen molar-refractivity contribution in [2.45, 2.75) is 24.3 Å². The Hall–Kier alpha value is -0.930. The molecule has 2 nitrogen and oxygen atoms in total. The van der Waals surface area contributed by atoms with E-state index < -0.39 is 0 Å². The van der Waals surface area contributed by atoms with Crippen molar-refractivity contribution in [2.24, 2.45) is 0 Å². The van der Waals surface area contributed by atoms with E-state index in [4.69, 9.17) is 0 Å². The predicted molar refractivity (Wildman–Crippen MR) is 76.9 cm³/mol. The van der Waals surface area contributed by atoms with E-state index in [0.717, 1.165) is 6.42 Å². The molecule has 0 saturated carbocycles. The first kappa shape index (κ1) is 12.5. The van der Waals surface area contributed by atoms with Crippen molar-refractivity contribution >= 4 is 22.7 Å². The van der Waals surface area contributed by atoms with Crippen molar-refractivity contribution in [3.63, 3.8) is 0 Å². The molecule has 1 heterocycles. The van der Waals surface area contributed by atoms with Gasteiger partial charge in [0, 0.05) is 28.0 Å². The number of aromatic amines is 1. The molecule has 0 saturated heterocycles. The van der Waals surface area contributed by atoms with Crippen molar-refractivity contribution in [3.05, 3.63) is 30.0 Å². The third kappa shape index (κ3) is 2.67. The summed E-state index contributed by atoms with van der Waals surface area (Å²) in [4.78, 5) is 6.95. The van der Waals surface area contributed by atoms with E-state index in [1.54, 1.807) is 11.8 Å². The lowest BCUT2D eigenvalue weighted by Crippen LogP contribution is -2.26. The highest BCUT2D eigenvalue weighted by Gasteiger charge is 2.10. The summed E-state index contributed by atoms with van der Waals surface area (Å²) in [6, 6.07) is 7.19. The van der Waals surface area contributed by atoms with E-state index in [0.29, 0.717) is 6.04 Å². The molecule has 0 radical (unpaired) electrons. The number of hydrogen-bond acceptors (Lipinski definition) is 2. The van der Waals surface area contributed by atoms with Crippen LogP contribution in [0.25, 0.3) is 10.9 Å². The number of hydrogen-bond donors (Lipinski definition) is 1. The Morgan fingerprint density at radius 1 is 1.35 bits per heavy atom. The van der Waals surface area contributed by atoms with E-state index in [9.17, 15) is 0 Å². The first-order valence-electron chi connectivity index (χ1n) is 5.92. The molecule has 1 atom stereocenters. The first-order chi connectivity index (χ1) is 8.11. The summed E-state index contributed by atoms with van der Waals surface area (Å²) in [5, 5.41) is 1.37. The Bertz CT molecular complexity index is 502. The molecule has 0 aliphatic carbocycles. The Morgan fingerprint density at radius 2 is 2.12 bits per heavy atom. The Balaban J connectivity index is 2.34. The third-order valence-electron chi connectivity index (χ3n) is 3.37. The number of benzene rings is 1. The van der Waals surface area contributed by atoms with Gasteiger partial charge in [-0.25, -0.2) is 0 Å². The highest BCUT2D eigenvalue weighted by atomic mass is 32.2. The first-order valence-corrected chi connectivity index (χ1v) is 7.14. The van der Waals surface area contributed by atoms with Gasteiger partial charge in [-0.3, -0.25) is 0 Å². The zero-order valence-electron chi connectivity index (χ0n) is 10.9. The maximum Gasteiger partial charge on any atom is 0.0457 e. The van der Waals surface area contributed by atoms with E-state index >= 15 is 0 Å². The van der Waals surface area contributed by atoms with Crippen LogP contribution in [0.1, 0.15) is 12.5 Å².